The lowest BCUT2D eigenvalue weighted by molar-refractivity contribution is -0.140. The minimum Gasteiger partial charge on any atom is -0.496 e. The van der Waals surface area contributed by atoms with Crippen molar-refractivity contribution in [3.63, 3.8) is 0 Å². The Bertz CT molecular complexity index is 700. The molecule has 0 amide bonds. The minimum atomic E-state index is -0.172. The summed E-state index contributed by atoms with van der Waals surface area (Å²) in [6, 6.07) is 11.9. The Morgan fingerprint density at radius 2 is 1.83 bits per heavy atom. The molecule has 0 radical (unpaired) electrons. The summed E-state index contributed by atoms with van der Waals surface area (Å²) in [6.07, 6.45) is 2.09. The van der Waals surface area contributed by atoms with Gasteiger partial charge in [0.1, 0.15) is 10.7 Å². The number of ether oxygens (including phenoxy) is 2. The molecule has 0 aromatic heterocycles. The van der Waals surface area contributed by atoms with E-state index in [1.54, 1.807) is 7.11 Å². The fraction of sp³-hybridized carbons (Fsp3) is 0.333. The van der Waals surface area contributed by atoms with Crippen molar-refractivity contribution in [3.8, 4) is 5.75 Å². The quantitative estimate of drug-likeness (QED) is 0.478. The molecule has 0 aliphatic carbocycles. The summed E-state index contributed by atoms with van der Waals surface area (Å²) >= 11 is 5.51. The number of hydrogen-bond acceptors (Lipinski definition) is 4. The van der Waals surface area contributed by atoms with Crippen LogP contribution in [0.25, 0.3) is 10.8 Å². The Kier molecular flexibility index (Phi) is 6.35. The van der Waals surface area contributed by atoms with E-state index in [1.165, 1.54) is 7.11 Å². The summed E-state index contributed by atoms with van der Waals surface area (Å²) < 4.78 is 10.0. The summed E-state index contributed by atoms with van der Waals surface area (Å²) in [4.78, 5) is 11.8. The molecule has 0 atom stereocenters. The number of benzene rings is 2. The highest BCUT2D eigenvalue weighted by Crippen LogP contribution is 2.28. The Morgan fingerprint density at radius 1 is 1.09 bits per heavy atom. The number of esters is 1. The maximum atomic E-state index is 11.1. The van der Waals surface area contributed by atoms with Crippen molar-refractivity contribution in [3.05, 3.63) is 42.0 Å². The number of hydrogen-bond donors (Lipinski definition) is 1. The Balaban J connectivity index is 2.00. The van der Waals surface area contributed by atoms with Crippen molar-refractivity contribution in [2.45, 2.75) is 19.3 Å². The average Bonchev–Trinajstić information content (AvgIpc) is 2.59. The number of rotatable bonds is 7. The van der Waals surface area contributed by atoms with Crippen molar-refractivity contribution < 1.29 is 14.3 Å². The Hall–Kier alpha value is -2.14. The lowest BCUT2D eigenvalue weighted by atomic mass is 10.0. The van der Waals surface area contributed by atoms with E-state index >= 15 is 0 Å². The van der Waals surface area contributed by atoms with Crippen LogP contribution in [0.3, 0.4) is 0 Å². The standard InChI is InChI=1S/C18H21NO3S/c1-21-16-11-10-15(13-7-3-4-8-14(13)16)18(23)19-12-6-5-9-17(20)22-2/h3-4,7-8,10-11H,5-6,9,12H2,1-2H3,(H,19,23). The highest BCUT2D eigenvalue weighted by Gasteiger charge is 2.09. The molecule has 4 nitrogen and oxygen atoms in total. The molecule has 0 unspecified atom stereocenters. The molecule has 0 saturated heterocycles. The fourth-order valence-electron chi connectivity index (χ4n) is 2.44. The molecule has 23 heavy (non-hydrogen) atoms. The van der Waals surface area contributed by atoms with Crippen molar-refractivity contribution in [2.24, 2.45) is 0 Å². The number of nitrogens with one attached hydrogen (secondary N) is 1. The first kappa shape index (κ1) is 17.2. The molecular weight excluding hydrogens is 310 g/mol. The average molecular weight is 331 g/mol. The second-order valence-electron chi connectivity index (χ2n) is 5.15. The highest BCUT2D eigenvalue weighted by atomic mass is 32.1. The molecule has 1 N–H and O–H groups in total. The number of methoxy groups -OCH3 is 2. The van der Waals surface area contributed by atoms with E-state index < -0.39 is 0 Å². The molecule has 5 heteroatoms. The van der Waals surface area contributed by atoms with Crippen LogP contribution < -0.4 is 10.1 Å². The van der Waals surface area contributed by atoms with E-state index in [0.717, 1.165) is 41.5 Å². The van der Waals surface area contributed by atoms with Crippen LogP contribution in [-0.4, -0.2) is 31.7 Å². The second kappa shape index (κ2) is 8.48. The number of carbonyl (C=O) groups excluding carboxylic acids is 1. The summed E-state index contributed by atoms with van der Waals surface area (Å²) in [5, 5.41) is 5.37. The number of thiocarbonyl (C=S) groups is 1. The van der Waals surface area contributed by atoms with Gasteiger partial charge in [-0.25, -0.2) is 0 Å². The van der Waals surface area contributed by atoms with Gasteiger partial charge in [0.05, 0.1) is 14.2 Å². The van der Waals surface area contributed by atoms with E-state index in [9.17, 15) is 4.79 Å². The van der Waals surface area contributed by atoms with Crippen molar-refractivity contribution in [1.29, 1.82) is 0 Å². The van der Waals surface area contributed by atoms with Gasteiger partial charge in [0, 0.05) is 23.9 Å². The van der Waals surface area contributed by atoms with Gasteiger partial charge in [-0.05, 0) is 30.4 Å². The van der Waals surface area contributed by atoms with E-state index in [2.05, 4.69) is 10.1 Å². The molecule has 0 heterocycles. The van der Waals surface area contributed by atoms with Crippen LogP contribution >= 0.6 is 12.2 Å². The van der Waals surface area contributed by atoms with Gasteiger partial charge in [0.25, 0.3) is 0 Å². The lowest BCUT2D eigenvalue weighted by Gasteiger charge is -2.13. The predicted molar refractivity (Wildman–Crippen MR) is 96.1 cm³/mol. The monoisotopic (exact) mass is 331 g/mol. The van der Waals surface area contributed by atoms with Gasteiger partial charge in [-0.15, -0.1) is 0 Å². The normalized spacial score (nSPS) is 10.3. The molecule has 2 aromatic rings. The van der Waals surface area contributed by atoms with Crippen LogP contribution in [0.4, 0.5) is 0 Å². The molecule has 0 saturated carbocycles. The number of carbonyl (C=O) groups is 1. The van der Waals surface area contributed by atoms with Crippen molar-refractivity contribution >= 4 is 33.9 Å². The van der Waals surface area contributed by atoms with Crippen LogP contribution in [0.2, 0.25) is 0 Å². The summed E-state index contributed by atoms with van der Waals surface area (Å²) in [7, 11) is 3.07. The largest absolute Gasteiger partial charge is 0.496 e. The summed E-state index contributed by atoms with van der Waals surface area (Å²) in [5.74, 6) is 0.666. The number of fused-ring (bicyclic) bond motifs is 1. The third-order valence-electron chi connectivity index (χ3n) is 3.67. The van der Waals surface area contributed by atoms with Crippen LogP contribution in [-0.2, 0) is 9.53 Å². The first-order chi connectivity index (χ1) is 11.2. The summed E-state index contributed by atoms with van der Waals surface area (Å²) in [6.45, 7) is 0.732. The number of unbranched alkanes of at least 4 members (excludes halogenated alkanes) is 1. The molecule has 0 fully saturated rings. The zero-order valence-electron chi connectivity index (χ0n) is 13.4. The fourth-order valence-corrected chi connectivity index (χ4v) is 2.72. The Labute approximate surface area is 141 Å². The zero-order valence-corrected chi connectivity index (χ0v) is 14.2. The third-order valence-corrected chi connectivity index (χ3v) is 4.03. The Morgan fingerprint density at radius 3 is 2.52 bits per heavy atom. The molecule has 2 rings (SSSR count). The zero-order chi connectivity index (χ0) is 16.7. The smallest absolute Gasteiger partial charge is 0.305 e. The van der Waals surface area contributed by atoms with Crippen LogP contribution in [0, 0.1) is 0 Å². The van der Waals surface area contributed by atoms with Gasteiger partial charge >= 0.3 is 5.97 Å². The highest BCUT2D eigenvalue weighted by molar-refractivity contribution is 7.80. The van der Waals surface area contributed by atoms with Crippen molar-refractivity contribution in [1.82, 2.24) is 5.32 Å². The van der Waals surface area contributed by atoms with Crippen LogP contribution in [0.5, 0.6) is 5.75 Å². The molecule has 2 aromatic carbocycles. The molecule has 0 aliphatic rings. The maximum absolute atomic E-state index is 11.1. The van der Waals surface area contributed by atoms with Crippen LogP contribution in [0.15, 0.2) is 36.4 Å². The van der Waals surface area contributed by atoms with E-state index in [4.69, 9.17) is 17.0 Å². The molecule has 122 valence electrons. The van der Waals surface area contributed by atoms with E-state index in [0.29, 0.717) is 11.4 Å². The van der Waals surface area contributed by atoms with Gasteiger partial charge in [-0.2, -0.15) is 0 Å². The molecular formula is C18H21NO3S. The van der Waals surface area contributed by atoms with Gasteiger partial charge in [-0.1, -0.05) is 36.5 Å². The van der Waals surface area contributed by atoms with Crippen molar-refractivity contribution in [2.75, 3.05) is 20.8 Å². The van der Waals surface area contributed by atoms with E-state index in [-0.39, 0.29) is 5.97 Å². The first-order valence-electron chi connectivity index (χ1n) is 7.58. The minimum absolute atomic E-state index is 0.172. The van der Waals surface area contributed by atoms with Gasteiger partial charge in [0.2, 0.25) is 0 Å². The van der Waals surface area contributed by atoms with Crippen LogP contribution in [0.1, 0.15) is 24.8 Å². The SMILES string of the molecule is COC(=O)CCCCNC(=S)c1ccc(OC)c2ccccc12. The predicted octanol–water partition coefficient (Wildman–Crippen LogP) is 3.46. The third kappa shape index (κ3) is 4.42. The molecule has 0 aliphatic heterocycles. The first-order valence-corrected chi connectivity index (χ1v) is 7.99. The molecule has 0 bridgehead atoms. The van der Waals surface area contributed by atoms with Gasteiger partial charge in [-0.3, -0.25) is 4.79 Å². The topological polar surface area (TPSA) is 47.6 Å². The summed E-state index contributed by atoms with van der Waals surface area (Å²) in [5.41, 5.74) is 0.990. The van der Waals surface area contributed by atoms with Gasteiger partial charge < -0.3 is 14.8 Å². The van der Waals surface area contributed by atoms with E-state index in [1.807, 2.05) is 36.4 Å². The van der Waals surface area contributed by atoms with Gasteiger partial charge in [0.15, 0.2) is 0 Å². The maximum Gasteiger partial charge on any atom is 0.305 e. The molecule has 0 spiro atoms. The lowest BCUT2D eigenvalue weighted by Crippen LogP contribution is -2.23. The second-order valence-corrected chi connectivity index (χ2v) is 5.56.